The van der Waals surface area contributed by atoms with Gasteiger partial charge in [-0.05, 0) is 35.1 Å². The average Bonchev–Trinajstić information content (AvgIpc) is 2.84. The molecule has 1 saturated heterocycles. The van der Waals surface area contributed by atoms with E-state index in [1.54, 1.807) is 11.1 Å². The van der Waals surface area contributed by atoms with Gasteiger partial charge in [0.1, 0.15) is 5.56 Å². The third-order valence-electron chi connectivity index (χ3n) is 7.07. The Morgan fingerprint density at radius 1 is 0.857 bits per heavy atom. The Balaban J connectivity index is 1.48. The second kappa shape index (κ2) is 9.27. The fourth-order valence-corrected chi connectivity index (χ4v) is 5.25. The minimum atomic E-state index is -0.350. The number of hydrogen-bond acceptors (Lipinski definition) is 4. The zero-order valence-corrected chi connectivity index (χ0v) is 20.4. The van der Waals surface area contributed by atoms with Crippen molar-refractivity contribution in [2.45, 2.75) is 33.2 Å². The Morgan fingerprint density at radius 2 is 1.49 bits per heavy atom. The van der Waals surface area contributed by atoms with Gasteiger partial charge in [0, 0.05) is 56.6 Å². The van der Waals surface area contributed by atoms with E-state index in [0.717, 1.165) is 19.6 Å². The van der Waals surface area contributed by atoms with E-state index in [-0.39, 0.29) is 28.2 Å². The van der Waals surface area contributed by atoms with Crippen LogP contribution < -0.4 is 5.56 Å². The number of carbonyl (C=O) groups excluding carboxylic acids is 2. The largest absolute Gasteiger partial charge is 0.336 e. The van der Waals surface area contributed by atoms with Crippen LogP contribution in [-0.2, 0) is 13.0 Å². The first-order valence-corrected chi connectivity index (χ1v) is 12.3. The lowest BCUT2D eigenvalue weighted by molar-refractivity contribution is 0.0624. The van der Waals surface area contributed by atoms with Crippen LogP contribution >= 0.6 is 0 Å². The molecule has 35 heavy (non-hydrogen) atoms. The summed E-state index contributed by atoms with van der Waals surface area (Å²) in [6.07, 6.45) is 2.58. The van der Waals surface area contributed by atoms with Crippen LogP contribution in [0.1, 0.15) is 52.1 Å². The van der Waals surface area contributed by atoms with Crippen LogP contribution in [0.4, 0.5) is 0 Å². The maximum Gasteiger partial charge on any atom is 0.268 e. The van der Waals surface area contributed by atoms with E-state index in [2.05, 4.69) is 17.0 Å². The average molecular weight is 470 g/mol. The molecule has 0 bridgehead atoms. The number of amides is 1. The number of ketones is 1. The maximum absolute atomic E-state index is 13.8. The molecule has 180 valence electrons. The van der Waals surface area contributed by atoms with Gasteiger partial charge in [-0.3, -0.25) is 23.9 Å². The molecule has 0 N–H and O–H groups in total. The third kappa shape index (κ3) is 4.71. The molecule has 6 nitrogen and oxygen atoms in total. The van der Waals surface area contributed by atoms with Gasteiger partial charge in [0.15, 0.2) is 5.78 Å². The van der Waals surface area contributed by atoms with Gasteiger partial charge in [0.2, 0.25) is 0 Å². The molecule has 1 fully saturated rings. The van der Waals surface area contributed by atoms with Crippen molar-refractivity contribution in [3.8, 4) is 5.69 Å². The number of pyridine rings is 1. The SMILES string of the molecule is CC1(C)CC(=O)c2cn(-c3ccccc3)c(=O)c(C(=O)N3CCN(Cc4ccccc4)CC3)c2C1. The summed E-state index contributed by atoms with van der Waals surface area (Å²) in [6, 6.07) is 19.5. The van der Waals surface area contributed by atoms with E-state index >= 15 is 0 Å². The molecular formula is C29H31N3O3. The van der Waals surface area contributed by atoms with Gasteiger partial charge in [-0.1, -0.05) is 62.4 Å². The topological polar surface area (TPSA) is 62.6 Å². The Labute approximate surface area is 205 Å². The molecule has 6 heteroatoms. The van der Waals surface area contributed by atoms with Crippen molar-refractivity contribution in [1.82, 2.24) is 14.4 Å². The number of carbonyl (C=O) groups is 2. The first-order chi connectivity index (χ1) is 16.8. The predicted molar refractivity (Wildman–Crippen MR) is 136 cm³/mol. The molecule has 2 heterocycles. The molecule has 5 rings (SSSR count). The van der Waals surface area contributed by atoms with Gasteiger partial charge < -0.3 is 4.90 Å². The summed E-state index contributed by atoms with van der Waals surface area (Å²) < 4.78 is 1.47. The van der Waals surface area contributed by atoms with E-state index in [1.165, 1.54) is 10.1 Å². The number of benzene rings is 2. The van der Waals surface area contributed by atoms with Crippen molar-refractivity contribution in [3.05, 3.63) is 99.5 Å². The third-order valence-corrected chi connectivity index (χ3v) is 7.07. The van der Waals surface area contributed by atoms with Crippen LogP contribution in [0.15, 0.2) is 71.7 Å². The number of fused-ring (bicyclic) bond motifs is 1. The zero-order chi connectivity index (χ0) is 24.6. The predicted octanol–water partition coefficient (Wildman–Crippen LogP) is 3.95. The summed E-state index contributed by atoms with van der Waals surface area (Å²) in [5.74, 6) is -0.274. The molecule has 0 unspecified atom stereocenters. The number of piperazine rings is 1. The molecule has 2 aliphatic rings. The van der Waals surface area contributed by atoms with Crippen LogP contribution in [0.2, 0.25) is 0 Å². The van der Waals surface area contributed by atoms with Gasteiger partial charge in [-0.2, -0.15) is 0 Å². The molecule has 1 aliphatic heterocycles. The Hall–Kier alpha value is -3.51. The van der Waals surface area contributed by atoms with E-state index in [9.17, 15) is 14.4 Å². The summed E-state index contributed by atoms with van der Waals surface area (Å²) in [6.45, 7) is 7.47. The number of hydrogen-bond donors (Lipinski definition) is 0. The number of rotatable bonds is 4. The summed E-state index contributed by atoms with van der Waals surface area (Å²) in [7, 11) is 0. The fraction of sp³-hybridized carbons (Fsp3) is 0.345. The standard InChI is InChI=1S/C29H31N3O3/c1-29(2)17-23-24(25(33)18-29)20-32(22-11-7-4-8-12-22)28(35)26(23)27(34)31-15-13-30(14-16-31)19-21-9-5-3-6-10-21/h3-12,20H,13-19H2,1-2H3. The Bertz CT molecular complexity index is 1300. The van der Waals surface area contributed by atoms with Crippen molar-refractivity contribution < 1.29 is 9.59 Å². The smallest absolute Gasteiger partial charge is 0.268 e. The van der Waals surface area contributed by atoms with Gasteiger partial charge >= 0.3 is 0 Å². The summed E-state index contributed by atoms with van der Waals surface area (Å²) in [5.41, 5.74) is 2.52. The van der Waals surface area contributed by atoms with Crippen LogP contribution in [0.3, 0.4) is 0 Å². The minimum absolute atomic E-state index is 0.0114. The molecule has 0 saturated carbocycles. The molecule has 1 aromatic heterocycles. The van der Waals surface area contributed by atoms with Crippen molar-refractivity contribution in [1.29, 1.82) is 0 Å². The lowest BCUT2D eigenvalue weighted by Crippen LogP contribution is -2.50. The highest BCUT2D eigenvalue weighted by molar-refractivity contribution is 6.04. The first kappa shape index (κ1) is 23.2. The van der Waals surface area contributed by atoms with Gasteiger partial charge in [0.05, 0.1) is 0 Å². The van der Waals surface area contributed by atoms with Crippen molar-refractivity contribution >= 4 is 11.7 Å². The normalized spacial score (nSPS) is 17.8. The molecule has 3 aromatic rings. The molecular weight excluding hydrogens is 438 g/mol. The van der Waals surface area contributed by atoms with Crippen molar-refractivity contribution in [2.75, 3.05) is 26.2 Å². The van der Waals surface area contributed by atoms with E-state index in [0.29, 0.717) is 42.7 Å². The van der Waals surface area contributed by atoms with E-state index in [4.69, 9.17) is 0 Å². The zero-order valence-electron chi connectivity index (χ0n) is 20.4. The summed E-state index contributed by atoms with van der Waals surface area (Å²) >= 11 is 0. The molecule has 0 atom stereocenters. The van der Waals surface area contributed by atoms with E-state index in [1.807, 2.05) is 62.4 Å². The molecule has 1 aliphatic carbocycles. The summed E-state index contributed by atoms with van der Waals surface area (Å²) in [5, 5.41) is 0. The quantitative estimate of drug-likeness (QED) is 0.581. The molecule has 1 amide bonds. The highest BCUT2D eigenvalue weighted by Crippen LogP contribution is 2.36. The highest BCUT2D eigenvalue weighted by Gasteiger charge is 2.37. The lowest BCUT2D eigenvalue weighted by Gasteiger charge is -2.36. The van der Waals surface area contributed by atoms with Crippen LogP contribution in [-0.4, -0.2) is 52.2 Å². The Morgan fingerprint density at radius 3 is 2.14 bits per heavy atom. The molecule has 0 radical (unpaired) electrons. The number of para-hydroxylation sites is 1. The lowest BCUT2D eigenvalue weighted by atomic mass is 9.73. The fourth-order valence-electron chi connectivity index (χ4n) is 5.25. The monoisotopic (exact) mass is 469 g/mol. The second-order valence-electron chi connectivity index (χ2n) is 10.4. The van der Waals surface area contributed by atoms with E-state index < -0.39 is 0 Å². The number of Topliss-reactive ketones (excluding diaryl/α,β-unsaturated/α-hetero) is 1. The van der Waals surface area contributed by atoms with Crippen LogP contribution in [0, 0.1) is 5.41 Å². The van der Waals surface area contributed by atoms with Crippen LogP contribution in [0.25, 0.3) is 5.69 Å². The minimum Gasteiger partial charge on any atom is -0.336 e. The van der Waals surface area contributed by atoms with Crippen molar-refractivity contribution in [3.63, 3.8) is 0 Å². The molecule has 2 aromatic carbocycles. The van der Waals surface area contributed by atoms with Crippen LogP contribution in [0.5, 0.6) is 0 Å². The number of aromatic nitrogens is 1. The van der Waals surface area contributed by atoms with Gasteiger partial charge in [-0.25, -0.2) is 0 Å². The van der Waals surface area contributed by atoms with Crippen molar-refractivity contribution in [2.24, 2.45) is 5.41 Å². The Kier molecular flexibility index (Phi) is 6.15. The highest BCUT2D eigenvalue weighted by atomic mass is 16.2. The molecule has 0 spiro atoms. The summed E-state index contributed by atoms with van der Waals surface area (Å²) in [4.78, 5) is 44.8. The first-order valence-electron chi connectivity index (χ1n) is 12.3. The van der Waals surface area contributed by atoms with Gasteiger partial charge in [0.25, 0.3) is 11.5 Å². The number of nitrogens with zero attached hydrogens (tertiary/aromatic N) is 3. The maximum atomic E-state index is 13.8. The second-order valence-corrected chi connectivity index (χ2v) is 10.4. The van der Waals surface area contributed by atoms with Gasteiger partial charge in [-0.15, -0.1) is 0 Å².